The van der Waals surface area contributed by atoms with Crippen LogP contribution in [0.2, 0.25) is 0 Å². The molecule has 0 amide bonds. The normalized spacial score (nSPS) is 15.5. The molecule has 0 aliphatic carbocycles. The summed E-state index contributed by atoms with van der Waals surface area (Å²) in [5.41, 5.74) is 2.48. The standard InChI is InChI=1S/C20H20F2N4/c21-20(22)16-8-15(10-25-11-16)14-7-13-1-4-24-12-18(13)19(9-14)26-17-2-5-23-6-3-17/h1,4,7-12,17,20,23,26H,2-3,5-6H2. The molecule has 1 aromatic carbocycles. The molecule has 2 N–H and O–H groups in total. The Hall–Kier alpha value is -2.60. The number of pyridine rings is 2. The number of nitrogens with zero attached hydrogens (tertiary/aromatic N) is 2. The molecule has 0 atom stereocenters. The summed E-state index contributed by atoms with van der Waals surface area (Å²) in [5, 5.41) is 9.04. The van der Waals surface area contributed by atoms with Gasteiger partial charge in [0.2, 0.25) is 0 Å². The minimum absolute atomic E-state index is 0.0646. The molecule has 0 unspecified atom stereocenters. The van der Waals surface area contributed by atoms with Crippen LogP contribution in [-0.4, -0.2) is 29.1 Å². The summed E-state index contributed by atoms with van der Waals surface area (Å²) in [7, 11) is 0. The molecular weight excluding hydrogens is 334 g/mol. The van der Waals surface area contributed by atoms with E-state index in [1.54, 1.807) is 12.4 Å². The summed E-state index contributed by atoms with van der Waals surface area (Å²) in [5.74, 6) is 0. The summed E-state index contributed by atoms with van der Waals surface area (Å²) < 4.78 is 26.1. The highest BCUT2D eigenvalue weighted by atomic mass is 19.3. The minimum atomic E-state index is -2.53. The zero-order valence-electron chi connectivity index (χ0n) is 14.3. The van der Waals surface area contributed by atoms with Gasteiger partial charge in [0, 0.05) is 53.0 Å². The molecular formula is C20H20F2N4. The highest BCUT2D eigenvalue weighted by Gasteiger charge is 2.15. The van der Waals surface area contributed by atoms with Gasteiger partial charge in [0.1, 0.15) is 0 Å². The molecule has 1 aliphatic rings. The van der Waals surface area contributed by atoms with Crippen LogP contribution in [0.15, 0.2) is 49.1 Å². The lowest BCUT2D eigenvalue weighted by Gasteiger charge is -2.25. The van der Waals surface area contributed by atoms with Crippen molar-refractivity contribution < 1.29 is 8.78 Å². The second kappa shape index (κ2) is 7.33. The van der Waals surface area contributed by atoms with Gasteiger partial charge in [-0.3, -0.25) is 9.97 Å². The molecule has 0 radical (unpaired) electrons. The second-order valence-electron chi connectivity index (χ2n) is 6.60. The van der Waals surface area contributed by atoms with Gasteiger partial charge in [0.05, 0.1) is 0 Å². The zero-order valence-corrected chi connectivity index (χ0v) is 14.3. The Morgan fingerprint density at radius 2 is 1.85 bits per heavy atom. The summed E-state index contributed by atoms with van der Waals surface area (Å²) in [6, 6.07) is 7.85. The van der Waals surface area contributed by atoms with Gasteiger partial charge < -0.3 is 10.6 Å². The molecule has 0 saturated carbocycles. The molecule has 3 heterocycles. The van der Waals surface area contributed by atoms with Gasteiger partial charge in [-0.1, -0.05) is 0 Å². The highest BCUT2D eigenvalue weighted by molar-refractivity contribution is 5.97. The Bertz CT molecular complexity index is 907. The first-order valence-electron chi connectivity index (χ1n) is 8.79. The maximum atomic E-state index is 13.0. The van der Waals surface area contributed by atoms with E-state index >= 15 is 0 Å². The lowest BCUT2D eigenvalue weighted by molar-refractivity contribution is 0.151. The van der Waals surface area contributed by atoms with Crippen LogP contribution in [0.5, 0.6) is 0 Å². The fourth-order valence-electron chi connectivity index (χ4n) is 3.41. The fraction of sp³-hybridized carbons (Fsp3) is 0.300. The van der Waals surface area contributed by atoms with E-state index < -0.39 is 6.43 Å². The molecule has 1 fully saturated rings. The molecule has 0 bridgehead atoms. The van der Waals surface area contributed by atoms with Gasteiger partial charge in [-0.2, -0.15) is 0 Å². The van der Waals surface area contributed by atoms with Crippen molar-refractivity contribution in [2.75, 3.05) is 18.4 Å². The van der Waals surface area contributed by atoms with Crippen molar-refractivity contribution in [1.82, 2.24) is 15.3 Å². The third kappa shape index (κ3) is 3.51. The van der Waals surface area contributed by atoms with Crippen LogP contribution in [0, 0.1) is 0 Å². The Morgan fingerprint density at radius 1 is 1.00 bits per heavy atom. The number of anilines is 1. The van der Waals surface area contributed by atoms with Crippen LogP contribution in [0.25, 0.3) is 21.9 Å². The number of fused-ring (bicyclic) bond motifs is 1. The number of aromatic nitrogens is 2. The molecule has 4 rings (SSSR count). The first-order chi connectivity index (χ1) is 12.7. The fourth-order valence-corrected chi connectivity index (χ4v) is 3.41. The molecule has 1 aliphatic heterocycles. The molecule has 1 saturated heterocycles. The maximum Gasteiger partial charge on any atom is 0.265 e. The Labute approximate surface area is 150 Å². The van der Waals surface area contributed by atoms with Crippen molar-refractivity contribution in [2.45, 2.75) is 25.3 Å². The number of halogens is 2. The predicted molar refractivity (Wildman–Crippen MR) is 99.4 cm³/mol. The van der Waals surface area contributed by atoms with Crippen LogP contribution in [0.3, 0.4) is 0 Å². The molecule has 0 spiro atoms. The highest BCUT2D eigenvalue weighted by Crippen LogP contribution is 2.32. The number of hydrogen-bond donors (Lipinski definition) is 2. The van der Waals surface area contributed by atoms with Crippen molar-refractivity contribution in [2.24, 2.45) is 0 Å². The molecule has 134 valence electrons. The smallest absolute Gasteiger partial charge is 0.265 e. The molecule has 6 heteroatoms. The number of nitrogens with one attached hydrogen (secondary N) is 2. The van der Waals surface area contributed by atoms with Crippen LogP contribution >= 0.6 is 0 Å². The van der Waals surface area contributed by atoms with E-state index in [9.17, 15) is 8.78 Å². The van der Waals surface area contributed by atoms with Crippen LogP contribution in [0.4, 0.5) is 14.5 Å². The molecule has 3 aromatic rings. The third-order valence-corrected chi connectivity index (χ3v) is 4.80. The van der Waals surface area contributed by atoms with E-state index in [-0.39, 0.29) is 5.56 Å². The Balaban J connectivity index is 1.77. The predicted octanol–water partition coefficient (Wildman–Crippen LogP) is 4.40. The van der Waals surface area contributed by atoms with Crippen molar-refractivity contribution in [3.05, 3.63) is 54.6 Å². The first kappa shape index (κ1) is 16.8. The van der Waals surface area contributed by atoms with Gasteiger partial charge in [0.25, 0.3) is 6.43 Å². The first-order valence-corrected chi connectivity index (χ1v) is 8.79. The van der Waals surface area contributed by atoms with Crippen molar-refractivity contribution in [3.63, 3.8) is 0 Å². The average Bonchev–Trinajstić information content (AvgIpc) is 2.69. The largest absolute Gasteiger partial charge is 0.382 e. The SMILES string of the molecule is FC(F)c1cncc(-c2cc(NC3CCNCC3)c3cnccc3c2)c1. The third-order valence-electron chi connectivity index (χ3n) is 4.80. The number of alkyl halides is 2. The molecule has 2 aromatic heterocycles. The number of piperidine rings is 1. The summed E-state index contributed by atoms with van der Waals surface area (Å²) in [6.45, 7) is 1.99. The van der Waals surface area contributed by atoms with E-state index in [1.807, 2.05) is 24.4 Å². The minimum Gasteiger partial charge on any atom is -0.382 e. The lowest BCUT2D eigenvalue weighted by atomic mass is 9.99. The quantitative estimate of drug-likeness (QED) is 0.729. The van der Waals surface area contributed by atoms with Crippen molar-refractivity contribution in [1.29, 1.82) is 0 Å². The summed E-state index contributed by atoms with van der Waals surface area (Å²) in [6.07, 6.45) is 6.00. The second-order valence-corrected chi connectivity index (χ2v) is 6.60. The number of benzene rings is 1. The van der Waals surface area contributed by atoms with Gasteiger partial charge >= 0.3 is 0 Å². The van der Waals surface area contributed by atoms with Crippen LogP contribution < -0.4 is 10.6 Å². The van der Waals surface area contributed by atoms with Gasteiger partial charge in [-0.05, 0) is 61.1 Å². The van der Waals surface area contributed by atoms with Gasteiger partial charge in [0.15, 0.2) is 0 Å². The van der Waals surface area contributed by atoms with E-state index in [4.69, 9.17) is 0 Å². The average molecular weight is 354 g/mol. The van der Waals surface area contributed by atoms with Crippen molar-refractivity contribution >= 4 is 16.5 Å². The van der Waals surface area contributed by atoms with E-state index in [0.29, 0.717) is 11.6 Å². The number of hydrogen-bond acceptors (Lipinski definition) is 4. The van der Waals surface area contributed by atoms with E-state index in [0.717, 1.165) is 48.0 Å². The number of rotatable bonds is 4. The summed E-state index contributed by atoms with van der Waals surface area (Å²) >= 11 is 0. The molecule has 26 heavy (non-hydrogen) atoms. The maximum absolute atomic E-state index is 13.0. The lowest BCUT2D eigenvalue weighted by Crippen LogP contribution is -2.35. The van der Waals surface area contributed by atoms with E-state index in [2.05, 4.69) is 20.6 Å². The van der Waals surface area contributed by atoms with Crippen LogP contribution in [-0.2, 0) is 0 Å². The van der Waals surface area contributed by atoms with Gasteiger partial charge in [-0.25, -0.2) is 8.78 Å². The summed E-state index contributed by atoms with van der Waals surface area (Å²) in [4.78, 5) is 8.23. The Morgan fingerprint density at radius 3 is 2.65 bits per heavy atom. The van der Waals surface area contributed by atoms with Crippen molar-refractivity contribution in [3.8, 4) is 11.1 Å². The Kier molecular flexibility index (Phi) is 4.75. The van der Waals surface area contributed by atoms with Gasteiger partial charge in [-0.15, -0.1) is 0 Å². The topological polar surface area (TPSA) is 49.8 Å². The van der Waals surface area contributed by atoms with E-state index in [1.165, 1.54) is 12.3 Å². The zero-order chi connectivity index (χ0) is 17.9. The monoisotopic (exact) mass is 354 g/mol. The molecule has 4 nitrogen and oxygen atoms in total. The van der Waals surface area contributed by atoms with Crippen LogP contribution in [0.1, 0.15) is 24.8 Å².